The lowest BCUT2D eigenvalue weighted by Gasteiger charge is -2.11. The molecule has 0 aromatic rings. The normalized spacial score (nSPS) is 30.7. The van der Waals surface area contributed by atoms with Crippen LogP contribution >= 0.6 is 0 Å². The summed E-state index contributed by atoms with van der Waals surface area (Å²) in [5.74, 6) is 0. The second-order valence-electron chi connectivity index (χ2n) is 1.78. The van der Waals surface area contributed by atoms with Gasteiger partial charge >= 0.3 is 0 Å². The number of hydrogen-bond acceptors (Lipinski definition) is 1. The first-order valence-corrected chi connectivity index (χ1v) is 2.63. The van der Waals surface area contributed by atoms with Crippen molar-refractivity contribution in [3.05, 3.63) is 19.1 Å². The van der Waals surface area contributed by atoms with Crippen LogP contribution in [0.2, 0.25) is 0 Å². The van der Waals surface area contributed by atoms with Crippen molar-refractivity contribution in [3.63, 3.8) is 0 Å². The molecular weight excluding hydrogens is 86.1 g/mol. The monoisotopic (exact) mass is 96.1 g/mol. The van der Waals surface area contributed by atoms with E-state index in [2.05, 4.69) is 24.4 Å². The van der Waals surface area contributed by atoms with Gasteiger partial charge < -0.3 is 5.32 Å². The molecule has 1 unspecified atom stereocenters. The van der Waals surface area contributed by atoms with Crippen LogP contribution < -0.4 is 5.32 Å². The minimum absolute atomic E-state index is 0.355. The van der Waals surface area contributed by atoms with Crippen LogP contribution in [0.3, 0.4) is 0 Å². The third-order valence-electron chi connectivity index (χ3n) is 1.09. The number of nitrogens with one attached hydrogen (secondary N) is 1. The molecule has 7 heavy (non-hydrogen) atoms. The minimum Gasteiger partial charge on any atom is -0.310 e. The average molecular weight is 96.2 g/mol. The highest BCUT2D eigenvalue weighted by Gasteiger charge is 1.96. The molecule has 0 fully saturated rings. The van der Waals surface area contributed by atoms with Crippen LogP contribution in [0.5, 0.6) is 0 Å². The van der Waals surface area contributed by atoms with Crippen molar-refractivity contribution in [2.45, 2.75) is 12.5 Å². The van der Waals surface area contributed by atoms with Gasteiger partial charge in [-0.05, 0) is 19.9 Å². The van der Waals surface area contributed by atoms with Gasteiger partial charge in [0, 0.05) is 6.04 Å². The Morgan fingerprint density at radius 3 is 2.86 bits per heavy atom. The van der Waals surface area contributed by atoms with E-state index in [0.29, 0.717) is 6.04 Å². The van der Waals surface area contributed by atoms with E-state index in [0.717, 1.165) is 13.0 Å². The topological polar surface area (TPSA) is 12.0 Å². The summed E-state index contributed by atoms with van der Waals surface area (Å²) < 4.78 is 0. The van der Waals surface area contributed by atoms with E-state index in [1.54, 1.807) is 0 Å². The molecule has 0 bridgehead atoms. The molecular formula is C6H10N. The zero-order valence-corrected chi connectivity index (χ0v) is 4.35. The fraction of sp³-hybridized carbons (Fsp3) is 0.500. The van der Waals surface area contributed by atoms with E-state index in [4.69, 9.17) is 0 Å². The molecule has 1 aliphatic heterocycles. The van der Waals surface area contributed by atoms with Crippen molar-refractivity contribution >= 4 is 0 Å². The second-order valence-corrected chi connectivity index (χ2v) is 1.78. The molecule has 1 heterocycles. The van der Waals surface area contributed by atoms with Crippen molar-refractivity contribution in [2.75, 3.05) is 6.54 Å². The molecule has 0 saturated carbocycles. The van der Waals surface area contributed by atoms with Gasteiger partial charge in [-0.1, -0.05) is 12.2 Å². The molecule has 1 N–H and O–H groups in total. The van der Waals surface area contributed by atoms with Crippen LogP contribution in [0.25, 0.3) is 0 Å². The molecule has 1 aliphatic rings. The van der Waals surface area contributed by atoms with Gasteiger partial charge in [-0.25, -0.2) is 0 Å². The molecule has 39 valence electrons. The van der Waals surface area contributed by atoms with E-state index in [-0.39, 0.29) is 0 Å². The van der Waals surface area contributed by atoms with E-state index < -0.39 is 0 Å². The molecule has 0 spiro atoms. The minimum atomic E-state index is 0.355. The van der Waals surface area contributed by atoms with Gasteiger partial charge in [0.1, 0.15) is 0 Å². The lowest BCUT2D eigenvalue weighted by Crippen LogP contribution is -2.27. The van der Waals surface area contributed by atoms with Gasteiger partial charge in [-0.15, -0.1) is 0 Å². The summed E-state index contributed by atoms with van der Waals surface area (Å²) in [6, 6.07) is 0.355. The molecule has 0 aromatic carbocycles. The van der Waals surface area contributed by atoms with Crippen LogP contribution in [0.15, 0.2) is 12.2 Å². The van der Waals surface area contributed by atoms with E-state index in [1.807, 2.05) is 0 Å². The van der Waals surface area contributed by atoms with Gasteiger partial charge in [-0.3, -0.25) is 0 Å². The fourth-order valence-electron chi connectivity index (χ4n) is 0.681. The van der Waals surface area contributed by atoms with Crippen LogP contribution in [0.4, 0.5) is 0 Å². The molecule has 0 aromatic heterocycles. The summed E-state index contributed by atoms with van der Waals surface area (Å²) in [6.45, 7) is 4.89. The molecule has 1 heteroatoms. The zero-order chi connectivity index (χ0) is 5.11. The van der Waals surface area contributed by atoms with Crippen molar-refractivity contribution < 1.29 is 0 Å². The summed E-state index contributed by atoms with van der Waals surface area (Å²) in [6.07, 6.45) is 5.41. The van der Waals surface area contributed by atoms with Crippen LogP contribution in [0.1, 0.15) is 6.42 Å². The Labute approximate surface area is 44.4 Å². The average Bonchev–Trinajstić information content (AvgIpc) is 1.69. The Morgan fingerprint density at radius 1 is 1.71 bits per heavy atom. The van der Waals surface area contributed by atoms with Gasteiger partial charge in [0.05, 0.1) is 0 Å². The standard InChI is InChI=1S/C6H10N/c1-6-4-2-3-5-7-6/h2,4,6-7H,1,3,5H2. The largest absolute Gasteiger partial charge is 0.310 e. The highest BCUT2D eigenvalue weighted by molar-refractivity contribution is 4.98. The summed E-state index contributed by atoms with van der Waals surface area (Å²) >= 11 is 0. The first-order chi connectivity index (χ1) is 3.39. The predicted molar refractivity (Wildman–Crippen MR) is 30.9 cm³/mol. The van der Waals surface area contributed by atoms with E-state index in [9.17, 15) is 0 Å². The maximum absolute atomic E-state index is 3.80. The maximum Gasteiger partial charge on any atom is 0.0250 e. The third-order valence-corrected chi connectivity index (χ3v) is 1.09. The van der Waals surface area contributed by atoms with Crippen molar-refractivity contribution in [2.24, 2.45) is 0 Å². The highest BCUT2D eigenvalue weighted by Crippen LogP contribution is 1.93. The zero-order valence-electron chi connectivity index (χ0n) is 4.35. The summed E-state index contributed by atoms with van der Waals surface area (Å²) in [5, 5.41) is 3.18. The Morgan fingerprint density at radius 2 is 2.57 bits per heavy atom. The lowest BCUT2D eigenvalue weighted by atomic mass is 10.2. The van der Waals surface area contributed by atoms with Gasteiger partial charge in [0.15, 0.2) is 0 Å². The molecule has 1 atom stereocenters. The lowest BCUT2D eigenvalue weighted by molar-refractivity contribution is 0.649. The van der Waals surface area contributed by atoms with E-state index in [1.165, 1.54) is 0 Å². The summed E-state index contributed by atoms with van der Waals surface area (Å²) in [4.78, 5) is 0. The Kier molecular flexibility index (Phi) is 1.47. The SMILES string of the molecule is [CH2]C1C=CCCN1. The van der Waals surface area contributed by atoms with E-state index >= 15 is 0 Å². The first kappa shape index (κ1) is 4.85. The van der Waals surface area contributed by atoms with Crippen molar-refractivity contribution in [1.82, 2.24) is 5.32 Å². The molecule has 0 aliphatic carbocycles. The number of rotatable bonds is 0. The second kappa shape index (κ2) is 2.12. The van der Waals surface area contributed by atoms with Gasteiger partial charge in [-0.2, -0.15) is 0 Å². The molecule has 1 rings (SSSR count). The van der Waals surface area contributed by atoms with Gasteiger partial charge in [0.25, 0.3) is 0 Å². The number of hydrogen-bond donors (Lipinski definition) is 1. The summed E-state index contributed by atoms with van der Waals surface area (Å²) in [5.41, 5.74) is 0. The maximum atomic E-state index is 3.80. The smallest absolute Gasteiger partial charge is 0.0250 e. The quantitative estimate of drug-likeness (QED) is 0.438. The molecule has 0 amide bonds. The van der Waals surface area contributed by atoms with Crippen LogP contribution in [-0.4, -0.2) is 12.6 Å². The van der Waals surface area contributed by atoms with Gasteiger partial charge in [0.2, 0.25) is 0 Å². The molecule has 0 saturated heterocycles. The summed E-state index contributed by atoms with van der Waals surface area (Å²) in [7, 11) is 0. The fourth-order valence-corrected chi connectivity index (χ4v) is 0.681. The first-order valence-electron chi connectivity index (χ1n) is 2.63. The Hall–Kier alpha value is -0.300. The third kappa shape index (κ3) is 1.32. The highest BCUT2D eigenvalue weighted by atomic mass is 14.9. The van der Waals surface area contributed by atoms with Crippen molar-refractivity contribution in [1.29, 1.82) is 0 Å². The Balaban J connectivity index is 2.36. The van der Waals surface area contributed by atoms with Crippen molar-refractivity contribution in [3.8, 4) is 0 Å². The Bertz CT molecular complexity index is 76.2. The predicted octanol–water partition coefficient (Wildman–Crippen LogP) is 0.739. The molecule has 1 radical (unpaired) electrons. The van der Waals surface area contributed by atoms with Crippen LogP contribution in [0, 0.1) is 6.92 Å². The van der Waals surface area contributed by atoms with Crippen LogP contribution in [-0.2, 0) is 0 Å². The molecule has 1 nitrogen and oxygen atoms in total.